The van der Waals surface area contributed by atoms with Crippen molar-refractivity contribution in [2.75, 3.05) is 19.0 Å². The van der Waals surface area contributed by atoms with Crippen LogP contribution in [0.2, 0.25) is 0 Å². The van der Waals surface area contributed by atoms with Crippen molar-refractivity contribution in [2.24, 2.45) is 10.2 Å². The van der Waals surface area contributed by atoms with Gasteiger partial charge in [-0.05, 0) is 35.0 Å². The normalized spacial score (nSPS) is 15.7. The molecular weight excluding hydrogens is 384 g/mol. The number of rotatable bonds is 6. The maximum atomic E-state index is 11.1. The molecule has 2 rings (SSSR count). The fourth-order valence-corrected chi connectivity index (χ4v) is 2.72. The number of amides is 1. The number of nitriles is 1. The highest BCUT2D eigenvalue weighted by molar-refractivity contribution is 9.10. The Labute approximate surface area is 145 Å². The molecule has 1 aliphatic rings. The lowest BCUT2D eigenvalue weighted by Gasteiger charge is -2.11. The van der Waals surface area contributed by atoms with Crippen molar-refractivity contribution < 1.29 is 14.3 Å². The van der Waals surface area contributed by atoms with E-state index in [1.807, 2.05) is 13.0 Å². The second-order valence-electron chi connectivity index (χ2n) is 4.19. The molecule has 0 bridgehead atoms. The number of hydrogen-bond acceptors (Lipinski definition) is 7. The Morgan fingerprint density at radius 2 is 2.26 bits per heavy atom. The minimum Gasteiger partial charge on any atom is -0.490 e. The predicted octanol–water partition coefficient (Wildman–Crippen LogP) is 2.30. The van der Waals surface area contributed by atoms with Crippen LogP contribution in [0.4, 0.5) is 0 Å². The van der Waals surface area contributed by atoms with Gasteiger partial charge in [0.15, 0.2) is 23.3 Å². The first kappa shape index (κ1) is 17.3. The average molecular weight is 397 g/mol. The molecular formula is C14H13BrN4O3S. The van der Waals surface area contributed by atoms with Crippen LogP contribution in [0.5, 0.6) is 11.5 Å². The fourth-order valence-electron chi connectivity index (χ4n) is 1.66. The third-order valence-corrected chi connectivity index (χ3v) is 4.14. The van der Waals surface area contributed by atoms with Crippen molar-refractivity contribution in [1.82, 2.24) is 5.32 Å². The lowest BCUT2D eigenvalue weighted by atomic mass is 10.2. The maximum Gasteiger partial charge on any atom is 0.236 e. The highest BCUT2D eigenvalue weighted by Gasteiger charge is 2.16. The number of halogens is 1. The van der Waals surface area contributed by atoms with E-state index in [9.17, 15) is 4.79 Å². The maximum absolute atomic E-state index is 11.1. The largest absolute Gasteiger partial charge is 0.490 e. The fraction of sp³-hybridized carbons (Fsp3) is 0.286. The monoisotopic (exact) mass is 396 g/mol. The van der Waals surface area contributed by atoms with Gasteiger partial charge in [-0.1, -0.05) is 11.8 Å². The van der Waals surface area contributed by atoms with Gasteiger partial charge >= 0.3 is 0 Å². The van der Waals surface area contributed by atoms with Crippen LogP contribution < -0.4 is 14.8 Å². The van der Waals surface area contributed by atoms with Crippen molar-refractivity contribution in [3.63, 3.8) is 0 Å². The highest BCUT2D eigenvalue weighted by Crippen LogP contribution is 2.33. The molecule has 0 aromatic heterocycles. The zero-order valence-electron chi connectivity index (χ0n) is 12.2. The molecule has 1 amide bonds. The number of nitrogens with one attached hydrogen (secondary N) is 1. The Kier molecular flexibility index (Phi) is 6.43. The van der Waals surface area contributed by atoms with Gasteiger partial charge in [0.2, 0.25) is 5.91 Å². The van der Waals surface area contributed by atoms with Gasteiger partial charge in [0.1, 0.15) is 6.07 Å². The molecule has 9 heteroatoms. The summed E-state index contributed by atoms with van der Waals surface area (Å²) in [4.78, 5) is 11.1. The molecule has 1 N–H and O–H groups in total. The molecule has 0 saturated carbocycles. The Bertz CT molecular complexity index is 700. The van der Waals surface area contributed by atoms with Crippen molar-refractivity contribution in [3.8, 4) is 17.6 Å². The predicted molar refractivity (Wildman–Crippen MR) is 92.0 cm³/mol. The molecule has 120 valence electrons. The summed E-state index contributed by atoms with van der Waals surface area (Å²) in [7, 11) is 0. The summed E-state index contributed by atoms with van der Waals surface area (Å²) in [5.41, 5.74) is 0.733. The van der Waals surface area contributed by atoms with E-state index in [-0.39, 0.29) is 12.5 Å². The molecule has 0 spiro atoms. The van der Waals surface area contributed by atoms with Crippen LogP contribution >= 0.6 is 27.7 Å². The van der Waals surface area contributed by atoms with Crippen LogP contribution in [0, 0.1) is 11.3 Å². The molecule has 0 unspecified atom stereocenters. The highest BCUT2D eigenvalue weighted by atomic mass is 79.9. The van der Waals surface area contributed by atoms with E-state index in [0.717, 1.165) is 10.0 Å². The van der Waals surface area contributed by atoms with E-state index in [4.69, 9.17) is 14.7 Å². The summed E-state index contributed by atoms with van der Waals surface area (Å²) in [6.07, 6.45) is 1.54. The van der Waals surface area contributed by atoms with Gasteiger partial charge in [0.25, 0.3) is 0 Å². The Hall–Kier alpha value is -2.05. The molecule has 7 nitrogen and oxygen atoms in total. The van der Waals surface area contributed by atoms with Crippen LogP contribution in [0.25, 0.3) is 0 Å². The summed E-state index contributed by atoms with van der Waals surface area (Å²) in [5, 5.41) is 19.6. The third kappa shape index (κ3) is 4.97. The Morgan fingerprint density at radius 1 is 1.48 bits per heavy atom. The van der Waals surface area contributed by atoms with Gasteiger partial charge < -0.3 is 14.8 Å². The molecule has 1 aromatic carbocycles. The Balaban J connectivity index is 2.19. The lowest BCUT2D eigenvalue weighted by Crippen LogP contribution is -2.19. The number of carbonyl (C=O) groups is 1. The lowest BCUT2D eigenvalue weighted by molar-refractivity contribution is -0.116. The molecule has 0 aliphatic carbocycles. The minimum atomic E-state index is -0.0808. The third-order valence-electron chi connectivity index (χ3n) is 2.59. The van der Waals surface area contributed by atoms with Crippen molar-refractivity contribution >= 4 is 45.0 Å². The van der Waals surface area contributed by atoms with Crippen molar-refractivity contribution in [3.05, 3.63) is 22.2 Å². The van der Waals surface area contributed by atoms with E-state index < -0.39 is 0 Å². The van der Waals surface area contributed by atoms with Gasteiger partial charge in [-0.25, -0.2) is 0 Å². The second-order valence-corrected chi connectivity index (χ2v) is 6.01. The quantitative estimate of drug-likeness (QED) is 0.587. The zero-order chi connectivity index (χ0) is 16.7. The minimum absolute atomic E-state index is 0.0650. The molecule has 0 radical (unpaired) electrons. The van der Waals surface area contributed by atoms with Gasteiger partial charge in [-0.2, -0.15) is 10.4 Å². The number of ether oxygens (including phenoxy) is 2. The molecule has 1 aromatic rings. The van der Waals surface area contributed by atoms with E-state index in [1.54, 1.807) is 18.3 Å². The number of hydrogen-bond donors (Lipinski definition) is 1. The first-order valence-corrected chi connectivity index (χ1v) is 8.41. The van der Waals surface area contributed by atoms with Gasteiger partial charge in [0.05, 0.1) is 18.6 Å². The van der Waals surface area contributed by atoms with Gasteiger partial charge in [0, 0.05) is 10.0 Å². The SMILES string of the molecule is CCOc1cc(C=NN=C2NC(=O)CS2)c(Br)cc1OCC#N. The molecule has 1 aliphatic heterocycles. The van der Waals surface area contributed by atoms with Crippen LogP contribution in [0.3, 0.4) is 0 Å². The summed E-state index contributed by atoms with van der Waals surface area (Å²) in [6, 6.07) is 5.37. The van der Waals surface area contributed by atoms with Crippen LogP contribution in [0.15, 0.2) is 26.8 Å². The summed E-state index contributed by atoms with van der Waals surface area (Å²) < 4.78 is 11.6. The topological polar surface area (TPSA) is 96.1 Å². The molecule has 23 heavy (non-hydrogen) atoms. The molecule has 1 saturated heterocycles. The number of carbonyl (C=O) groups excluding carboxylic acids is 1. The zero-order valence-corrected chi connectivity index (χ0v) is 14.6. The van der Waals surface area contributed by atoms with E-state index in [0.29, 0.717) is 29.0 Å². The van der Waals surface area contributed by atoms with Crippen molar-refractivity contribution in [2.45, 2.75) is 6.92 Å². The summed E-state index contributed by atoms with van der Waals surface area (Å²) in [6.45, 7) is 2.26. The van der Waals surface area contributed by atoms with Crippen LogP contribution in [0.1, 0.15) is 12.5 Å². The number of amidine groups is 1. The van der Waals surface area contributed by atoms with Crippen LogP contribution in [-0.2, 0) is 4.79 Å². The Morgan fingerprint density at radius 3 is 2.91 bits per heavy atom. The summed E-state index contributed by atoms with van der Waals surface area (Å²) in [5.74, 6) is 1.27. The van der Waals surface area contributed by atoms with E-state index >= 15 is 0 Å². The van der Waals surface area contributed by atoms with Crippen LogP contribution in [-0.4, -0.2) is 36.3 Å². The number of benzene rings is 1. The van der Waals surface area contributed by atoms with Gasteiger partial charge in [-0.3, -0.25) is 4.79 Å². The van der Waals surface area contributed by atoms with E-state index in [2.05, 4.69) is 31.4 Å². The van der Waals surface area contributed by atoms with E-state index in [1.165, 1.54) is 11.8 Å². The molecule has 0 atom stereocenters. The molecule has 1 heterocycles. The first-order chi connectivity index (χ1) is 11.1. The smallest absolute Gasteiger partial charge is 0.236 e. The number of thioether (sulfide) groups is 1. The van der Waals surface area contributed by atoms with Crippen molar-refractivity contribution in [1.29, 1.82) is 5.26 Å². The average Bonchev–Trinajstić information content (AvgIpc) is 2.94. The first-order valence-electron chi connectivity index (χ1n) is 6.63. The number of nitrogens with zero attached hydrogens (tertiary/aromatic N) is 3. The van der Waals surface area contributed by atoms with Gasteiger partial charge in [-0.15, -0.1) is 5.10 Å². The standard InChI is InChI=1S/C14H13BrN4O3S/c1-2-21-11-5-9(10(15)6-12(11)22-4-3-16)7-17-19-14-18-13(20)8-23-14/h5-7H,2,4,8H2,1H3,(H,18,19,20). The molecule has 1 fully saturated rings. The second kappa shape index (κ2) is 8.55. The summed E-state index contributed by atoms with van der Waals surface area (Å²) >= 11 is 4.72.